The minimum absolute atomic E-state index is 0.172. The zero-order valence-corrected chi connectivity index (χ0v) is 9.52. The molecule has 1 fully saturated rings. The number of anilines is 2. The highest BCUT2D eigenvalue weighted by Crippen LogP contribution is 2.43. The minimum atomic E-state index is -0.172. The van der Waals surface area contributed by atoms with E-state index >= 15 is 0 Å². The van der Waals surface area contributed by atoms with E-state index in [2.05, 4.69) is 17.6 Å². The molecule has 0 radical (unpaired) electrons. The summed E-state index contributed by atoms with van der Waals surface area (Å²) in [5.41, 5.74) is 2.24. The van der Waals surface area contributed by atoms with E-state index in [1.54, 1.807) is 6.07 Å². The third kappa shape index (κ3) is 1.46. The molecule has 1 aromatic carbocycles. The lowest BCUT2D eigenvalue weighted by atomic mass is 9.85. The van der Waals surface area contributed by atoms with Gasteiger partial charge in [-0.2, -0.15) is 0 Å². The van der Waals surface area contributed by atoms with Crippen molar-refractivity contribution in [2.45, 2.75) is 32.2 Å². The first-order valence-corrected chi connectivity index (χ1v) is 5.97. The molecule has 1 aliphatic heterocycles. The Bertz CT molecular complexity index is 418. The second-order valence-corrected chi connectivity index (χ2v) is 5.29. The molecule has 1 saturated carbocycles. The number of hydrogen-bond donors (Lipinski definition) is 2. The largest absolute Gasteiger partial charge is 0.383 e. The van der Waals surface area contributed by atoms with Crippen LogP contribution in [0, 0.1) is 11.2 Å². The number of nitrogens with one attached hydrogen (secondary N) is 2. The summed E-state index contributed by atoms with van der Waals surface area (Å²) in [6.07, 6.45) is 3.70. The molecule has 3 heteroatoms. The molecule has 0 bridgehead atoms. The Kier molecular flexibility index (Phi) is 2.09. The van der Waals surface area contributed by atoms with Gasteiger partial charge in [0.2, 0.25) is 0 Å². The van der Waals surface area contributed by atoms with Gasteiger partial charge in [-0.15, -0.1) is 0 Å². The van der Waals surface area contributed by atoms with E-state index in [4.69, 9.17) is 0 Å². The minimum Gasteiger partial charge on any atom is -0.383 e. The first-order valence-electron chi connectivity index (χ1n) is 5.97. The van der Waals surface area contributed by atoms with Crippen LogP contribution < -0.4 is 10.6 Å². The lowest BCUT2D eigenvalue weighted by Crippen LogP contribution is -2.36. The monoisotopic (exact) mass is 220 g/mol. The Morgan fingerprint density at radius 1 is 1.38 bits per heavy atom. The molecular formula is C13H17FN2. The number of halogens is 1. The fraction of sp³-hybridized carbons (Fsp3) is 0.538. The second kappa shape index (κ2) is 3.37. The highest BCUT2D eigenvalue weighted by Gasteiger charge is 2.40. The van der Waals surface area contributed by atoms with Gasteiger partial charge in [0.1, 0.15) is 5.82 Å². The van der Waals surface area contributed by atoms with Crippen molar-refractivity contribution < 1.29 is 4.39 Å². The summed E-state index contributed by atoms with van der Waals surface area (Å²) in [6, 6.07) is 5.40. The van der Waals surface area contributed by atoms with Gasteiger partial charge in [-0.05, 0) is 31.0 Å². The summed E-state index contributed by atoms with van der Waals surface area (Å²) in [5.74, 6) is -0.172. The first kappa shape index (κ1) is 9.94. The molecule has 0 spiro atoms. The normalized spacial score (nSPS) is 32.0. The van der Waals surface area contributed by atoms with Crippen LogP contribution in [0.2, 0.25) is 0 Å². The van der Waals surface area contributed by atoms with E-state index in [0.717, 1.165) is 17.9 Å². The zero-order valence-electron chi connectivity index (χ0n) is 9.52. The van der Waals surface area contributed by atoms with Crippen LogP contribution in [0.3, 0.4) is 0 Å². The fourth-order valence-corrected chi connectivity index (χ4v) is 2.97. The van der Waals surface area contributed by atoms with Gasteiger partial charge in [0.15, 0.2) is 0 Å². The molecule has 0 amide bonds. The molecule has 3 rings (SSSR count). The predicted molar refractivity (Wildman–Crippen MR) is 64.3 cm³/mol. The van der Waals surface area contributed by atoms with Gasteiger partial charge in [0.05, 0.1) is 11.4 Å². The fourth-order valence-electron chi connectivity index (χ4n) is 2.97. The van der Waals surface area contributed by atoms with E-state index in [1.165, 1.54) is 25.3 Å². The molecule has 0 aromatic heterocycles. The summed E-state index contributed by atoms with van der Waals surface area (Å²) in [5, 5.41) is 6.94. The molecule has 1 aliphatic carbocycles. The van der Waals surface area contributed by atoms with E-state index in [1.807, 2.05) is 6.07 Å². The van der Waals surface area contributed by atoms with Crippen LogP contribution in [0.4, 0.5) is 15.8 Å². The number of rotatable bonds is 0. The van der Waals surface area contributed by atoms with Crippen molar-refractivity contribution in [1.29, 1.82) is 0 Å². The highest BCUT2D eigenvalue weighted by atomic mass is 19.1. The average Bonchev–Trinajstić information content (AvgIpc) is 2.54. The number of hydrogen-bond acceptors (Lipinski definition) is 2. The summed E-state index contributed by atoms with van der Waals surface area (Å²) in [6.45, 7) is 3.29. The van der Waals surface area contributed by atoms with Crippen molar-refractivity contribution in [3.63, 3.8) is 0 Å². The maximum absolute atomic E-state index is 13.2. The van der Waals surface area contributed by atoms with Crippen LogP contribution >= 0.6 is 0 Å². The Morgan fingerprint density at radius 2 is 2.25 bits per heavy atom. The smallest absolute Gasteiger partial charge is 0.125 e. The molecule has 1 heterocycles. The lowest BCUT2D eigenvalue weighted by Gasteiger charge is -2.29. The quantitative estimate of drug-likeness (QED) is 0.701. The molecule has 16 heavy (non-hydrogen) atoms. The number of benzene rings is 1. The molecule has 2 N–H and O–H groups in total. The number of fused-ring (bicyclic) bond motifs is 2. The summed E-state index contributed by atoms with van der Waals surface area (Å²) < 4.78 is 13.2. The predicted octanol–water partition coefficient (Wildman–Crippen LogP) is 3.22. The van der Waals surface area contributed by atoms with Crippen LogP contribution in [-0.2, 0) is 0 Å². The van der Waals surface area contributed by atoms with Crippen molar-refractivity contribution in [1.82, 2.24) is 0 Å². The van der Waals surface area contributed by atoms with E-state index in [0.29, 0.717) is 11.5 Å². The maximum atomic E-state index is 13.2. The third-order valence-corrected chi connectivity index (χ3v) is 4.08. The zero-order chi connectivity index (χ0) is 11.2. The van der Waals surface area contributed by atoms with E-state index in [9.17, 15) is 4.39 Å². The van der Waals surface area contributed by atoms with Gasteiger partial charge in [-0.3, -0.25) is 0 Å². The molecule has 1 aromatic rings. The van der Waals surface area contributed by atoms with Gasteiger partial charge in [0.25, 0.3) is 0 Å². The second-order valence-electron chi connectivity index (χ2n) is 5.29. The SMILES string of the molecule is CC12CCCC1Nc1cc(F)ccc1NC2. The molecular weight excluding hydrogens is 203 g/mol. The van der Waals surface area contributed by atoms with Crippen LogP contribution in [0.5, 0.6) is 0 Å². The van der Waals surface area contributed by atoms with Crippen LogP contribution in [-0.4, -0.2) is 12.6 Å². The van der Waals surface area contributed by atoms with Gasteiger partial charge in [-0.25, -0.2) is 4.39 Å². The summed E-state index contributed by atoms with van der Waals surface area (Å²) in [7, 11) is 0. The van der Waals surface area contributed by atoms with Crippen LogP contribution in [0.1, 0.15) is 26.2 Å². The van der Waals surface area contributed by atoms with Crippen molar-refractivity contribution in [2.75, 3.05) is 17.2 Å². The van der Waals surface area contributed by atoms with Crippen molar-refractivity contribution >= 4 is 11.4 Å². The summed E-state index contributed by atoms with van der Waals surface area (Å²) in [4.78, 5) is 0. The van der Waals surface area contributed by atoms with Crippen LogP contribution in [0.25, 0.3) is 0 Å². The van der Waals surface area contributed by atoms with E-state index in [-0.39, 0.29) is 5.82 Å². The average molecular weight is 220 g/mol. The topological polar surface area (TPSA) is 24.1 Å². The van der Waals surface area contributed by atoms with Crippen molar-refractivity contribution in [3.8, 4) is 0 Å². The molecule has 0 saturated heterocycles. The molecule has 2 aliphatic rings. The molecule has 2 unspecified atom stereocenters. The van der Waals surface area contributed by atoms with Crippen molar-refractivity contribution in [3.05, 3.63) is 24.0 Å². The standard InChI is InChI=1S/C13H17FN2/c1-13-6-2-3-12(13)16-11-7-9(14)4-5-10(11)15-8-13/h4-5,7,12,15-16H,2-3,6,8H2,1H3. The Labute approximate surface area is 95.2 Å². The highest BCUT2D eigenvalue weighted by molar-refractivity contribution is 5.70. The molecule has 2 atom stereocenters. The van der Waals surface area contributed by atoms with Gasteiger partial charge >= 0.3 is 0 Å². The Balaban J connectivity index is 1.98. The summed E-state index contributed by atoms with van der Waals surface area (Å²) >= 11 is 0. The lowest BCUT2D eigenvalue weighted by molar-refractivity contribution is 0.335. The van der Waals surface area contributed by atoms with Gasteiger partial charge in [-0.1, -0.05) is 13.3 Å². The van der Waals surface area contributed by atoms with E-state index < -0.39 is 0 Å². The maximum Gasteiger partial charge on any atom is 0.125 e. The van der Waals surface area contributed by atoms with Crippen LogP contribution in [0.15, 0.2) is 18.2 Å². The van der Waals surface area contributed by atoms with Gasteiger partial charge in [0, 0.05) is 18.0 Å². The molecule has 86 valence electrons. The van der Waals surface area contributed by atoms with Crippen molar-refractivity contribution in [2.24, 2.45) is 5.41 Å². The molecule has 2 nitrogen and oxygen atoms in total. The Morgan fingerprint density at radius 3 is 3.12 bits per heavy atom. The Hall–Kier alpha value is -1.25. The third-order valence-electron chi connectivity index (χ3n) is 4.08. The first-order chi connectivity index (χ1) is 7.67. The van der Waals surface area contributed by atoms with Gasteiger partial charge < -0.3 is 10.6 Å².